The molecule has 0 aromatic carbocycles. The Morgan fingerprint density at radius 3 is 2.71 bits per heavy atom. The van der Waals surface area contributed by atoms with E-state index in [4.69, 9.17) is 4.42 Å². The summed E-state index contributed by atoms with van der Waals surface area (Å²) in [6.45, 7) is 1.37. The molecule has 0 unspecified atom stereocenters. The first kappa shape index (κ1) is 14.0. The van der Waals surface area contributed by atoms with Crippen molar-refractivity contribution in [1.82, 2.24) is 10.2 Å². The molecule has 1 N–H and O–H groups in total. The summed E-state index contributed by atoms with van der Waals surface area (Å²) in [4.78, 5) is 25.3. The summed E-state index contributed by atoms with van der Waals surface area (Å²) in [5.41, 5.74) is -1.18. The number of alkyl halides is 2. The summed E-state index contributed by atoms with van der Waals surface area (Å²) in [7, 11) is 0. The molecular formula is C14H16F2N2O3. The number of hydrogen-bond acceptors (Lipinski definition) is 3. The van der Waals surface area contributed by atoms with E-state index < -0.39 is 36.1 Å². The highest BCUT2D eigenvalue weighted by molar-refractivity contribution is 5.93. The van der Waals surface area contributed by atoms with Crippen molar-refractivity contribution in [3.63, 3.8) is 0 Å². The molecule has 21 heavy (non-hydrogen) atoms. The number of carbonyl (C=O) groups is 2. The zero-order valence-corrected chi connectivity index (χ0v) is 11.6. The number of piperidine rings is 1. The Hall–Kier alpha value is -1.92. The molecule has 2 fully saturated rings. The van der Waals surface area contributed by atoms with Gasteiger partial charge in [0.1, 0.15) is 5.76 Å². The number of hydrogen-bond donors (Lipinski definition) is 1. The molecule has 2 aliphatic heterocycles. The molecule has 1 aromatic rings. The van der Waals surface area contributed by atoms with Crippen molar-refractivity contribution >= 4 is 11.8 Å². The second kappa shape index (κ2) is 4.54. The van der Waals surface area contributed by atoms with Crippen molar-refractivity contribution in [2.45, 2.75) is 25.7 Å². The van der Waals surface area contributed by atoms with E-state index in [0.29, 0.717) is 18.7 Å². The van der Waals surface area contributed by atoms with E-state index in [1.54, 1.807) is 13.0 Å². The van der Waals surface area contributed by atoms with Gasteiger partial charge in [-0.25, -0.2) is 8.78 Å². The Balaban J connectivity index is 1.88. The van der Waals surface area contributed by atoms with Gasteiger partial charge < -0.3 is 14.6 Å². The summed E-state index contributed by atoms with van der Waals surface area (Å²) in [6, 6.07) is 3.07. The number of nitrogens with zero attached hydrogens (tertiary/aromatic N) is 1. The molecule has 2 saturated heterocycles. The van der Waals surface area contributed by atoms with E-state index >= 15 is 0 Å². The maximum Gasteiger partial charge on any atom is 0.289 e. The highest BCUT2D eigenvalue weighted by Crippen LogP contribution is 2.43. The van der Waals surface area contributed by atoms with Gasteiger partial charge in [0.15, 0.2) is 5.76 Å². The second-order valence-electron chi connectivity index (χ2n) is 5.89. The van der Waals surface area contributed by atoms with Gasteiger partial charge in [-0.1, -0.05) is 0 Å². The average Bonchev–Trinajstić information content (AvgIpc) is 2.95. The standard InChI is InChI=1S/C14H16F2N2O3/c1-9-2-3-10(21-9)11(19)18-7-13(4-5-17-12(13)20)6-14(15,16)8-18/h2-3H,4-8H2,1H3,(H,17,20)/t13-/m1/s1. The fourth-order valence-corrected chi connectivity index (χ4v) is 3.19. The quantitative estimate of drug-likeness (QED) is 0.856. The maximum absolute atomic E-state index is 14.0. The molecule has 5 nitrogen and oxygen atoms in total. The summed E-state index contributed by atoms with van der Waals surface area (Å²) in [6.07, 6.45) is -0.185. The Bertz CT molecular complexity index is 599. The van der Waals surface area contributed by atoms with Crippen molar-refractivity contribution in [3.05, 3.63) is 23.7 Å². The first-order valence-electron chi connectivity index (χ1n) is 6.83. The van der Waals surface area contributed by atoms with Crippen LogP contribution in [0.3, 0.4) is 0 Å². The number of nitrogens with one attached hydrogen (secondary N) is 1. The van der Waals surface area contributed by atoms with Crippen LogP contribution < -0.4 is 5.32 Å². The summed E-state index contributed by atoms with van der Waals surface area (Å²) < 4.78 is 33.2. The van der Waals surface area contributed by atoms with Gasteiger partial charge in [0.2, 0.25) is 5.91 Å². The molecule has 3 rings (SSSR count). The fourth-order valence-electron chi connectivity index (χ4n) is 3.19. The van der Waals surface area contributed by atoms with Gasteiger partial charge in [-0.05, 0) is 25.5 Å². The van der Waals surface area contributed by atoms with E-state index in [1.165, 1.54) is 6.07 Å². The van der Waals surface area contributed by atoms with Crippen LogP contribution in [0.25, 0.3) is 0 Å². The number of rotatable bonds is 1. The maximum atomic E-state index is 14.0. The van der Waals surface area contributed by atoms with E-state index in [9.17, 15) is 18.4 Å². The zero-order chi connectivity index (χ0) is 15.3. The van der Waals surface area contributed by atoms with Crippen LogP contribution in [0, 0.1) is 12.3 Å². The highest BCUT2D eigenvalue weighted by Gasteiger charge is 2.55. The van der Waals surface area contributed by atoms with Gasteiger partial charge in [-0.2, -0.15) is 0 Å². The Morgan fingerprint density at radius 1 is 1.38 bits per heavy atom. The minimum atomic E-state index is -3.07. The second-order valence-corrected chi connectivity index (χ2v) is 5.89. The van der Waals surface area contributed by atoms with Crippen molar-refractivity contribution in [2.75, 3.05) is 19.6 Å². The smallest absolute Gasteiger partial charge is 0.289 e. The lowest BCUT2D eigenvalue weighted by Crippen LogP contribution is -2.56. The van der Waals surface area contributed by atoms with Crippen LogP contribution in [0.15, 0.2) is 16.5 Å². The molecule has 1 aromatic heterocycles. The van der Waals surface area contributed by atoms with E-state index in [2.05, 4.69) is 5.32 Å². The summed E-state index contributed by atoms with van der Waals surface area (Å²) in [5, 5.41) is 2.59. The van der Waals surface area contributed by atoms with Crippen LogP contribution in [0.1, 0.15) is 29.2 Å². The number of amides is 2. The zero-order valence-electron chi connectivity index (χ0n) is 11.6. The first-order valence-corrected chi connectivity index (χ1v) is 6.83. The average molecular weight is 298 g/mol. The van der Waals surface area contributed by atoms with E-state index in [-0.39, 0.29) is 12.3 Å². The summed E-state index contributed by atoms with van der Waals surface area (Å²) >= 11 is 0. The SMILES string of the molecule is Cc1ccc(C(=O)N2CC(F)(F)C[C@]3(CCNC3=O)C2)o1. The highest BCUT2D eigenvalue weighted by atomic mass is 19.3. The number of carbonyl (C=O) groups excluding carboxylic acids is 2. The molecule has 2 aliphatic rings. The normalized spacial score (nSPS) is 28.0. The van der Waals surface area contributed by atoms with Gasteiger partial charge in [-0.3, -0.25) is 9.59 Å². The largest absolute Gasteiger partial charge is 0.456 e. The van der Waals surface area contributed by atoms with E-state index in [1.807, 2.05) is 0 Å². The minimum Gasteiger partial charge on any atom is -0.456 e. The molecule has 114 valence electrons. The third-order valence-electron chi connectivity index (χ3n) is 4.12. The molecule has 0 radical (unpaired) electrons. The van der Waals surface area contributed by atoms with Gasteiger partial charge in [0.05, 0.1) is 12.0 Å². The van der Waals surface area contributed by atoms with Crippen LogP contribution in [0.2, 0.25) is 0 Å². The number of furan rings is 1. The van der Waals surface area contributed by atoms with Crippen LogP contribution in [-0.2, 0) is 4.79 Å². The summed E-state index contributed by atoms with van der Waals surface area (Å²) in [5.74, 6) is -3.50. The lowest BCUT2D eigenvalue weighted by molar-refractivity contribution is -0.144. The molecule has 1 atom stereocenters. The molecule has 2 amide bonds. The molecule has 0 saturated carbocycles. The lowest BCUT2D eigenvalue weighted by Gasteiger charge is -2.42. The third-order valence-corrected chi connectivity index (χ3v) is 4.12. The van der Waals surface area contributed by atoms with Crippen molar-refractivity contribution in [3.8, 4) is 0 Å². The Labute approximate surface area is 120 Å². The van der Waals surface area contributed by atoms with Gasteiger partial charge in [0, 0.05) is 19.5 Å². The number of aryl methyl sites for hydroxylation is 1. The Kier molecular flexibility index (Phi) is 3.04. The Morgan fingerprint density at radius 2 is 2.14 bits per heavy atom. The predicted molar refractivity (Wildman–Crippen MR) is 69.0 cm³/mol. The van der Waals surface area contributed by atoms with Crippen LogP contribution in [0.4, 0.5) is 8.78 Å². The monoisotopic (exact) mass is 298 g/mol. The molecule has 7 heteroatoms. The van der Waals surface area contributed by atoms with Crippen molar-refractivity contribution < 1.29 is 22.8 Å². The van der Waals surface area contributed by atoms with Crippen molar-refractivity contribution in [2.24, 2.45) is 5.41 Å². The van der Waals surface area contributed by atoms with Crippen LogP contribution in [-0.4, -0.2) is 42.3 Å². The molecular weight excluding hydrogens is 282 g/mol. The topological polar surface area (TPSA) is 62.6 Å². The van der Waals surface area contributed by atoms with Crippen LogP contribution in [0.5, 0.6) is 0 Å². The number of halogens is 2. The lowest BCUT2D eigenvalue weighted by atomic mass is 9.77. The van der Waals surface area contributed by atoms with Gasteiger partial charge >= 0.3 is 0 Å². The van der Waals surface area contributed by atoms with Crippen LogP contribution >= 0.6 is 0 Å². The minimum absolute atomic E-state index is 0.00695. The fraction of sp³-hybridized carbons (Fsp3) is 0.571. The van der Waals surface area contributed by atoms with Crippen molar-refractivity contribution in [1.29, 1.82) is 0 Å². The molecule has 3 heterocycles. The van der Waals surface area contributed by atoms with E-state index in [0.717, 1.165) is 4.90 Å². The first-order chi connectivity index (χ1) is 9.81. The van der Waals surface area contributed by atoms with Gasteiger partial charge in [0.25, 0.3) is 11.8 Å². The molecule has 0 bridgehead atoms. The van der Waals surface area contributed by atoms with Gasteiger partial charge in [-0.15, -0.1) is 0 Å². The number of likely N-dealkylation sites (tertiary alicyclic amines) is 1. The predicted octanol–water partition coefficient (Wildman–Crippen LogP) is 1.58. The third kappa shape index (κ3) is 2.41. The molecule has 0 aliphatic carbocycles. The molecule has 1 spiro atoms.